The second-order valence-corrected chi connectivity index (χ2v) is 6.27. The average Bonchev–Trinajstić information content (AvgIpc) is 3.33. The monoisotopic (exact) mass is 308 g/mol. The lowest BCUT2D eigenvalue weighted by atomic mass is 10.1. The zero-order valence-corrected chi connectivity index (χ0v) is 13.2. The number of hydrogen-bond acceptors (Lipinski definition) is 3. The highest BCUT2D eigenvalue weighted by atomic mass is 16.1. The number of aromatic amines is 1. The number of nitrogens with zero attached hydrogens (tertiary/aromatic N) is 3. The van der Waals surface area contributed by atoms with Gasteiger partial charge in [-0.05, 0) is 43.2 Å². The van der Waals surface area contributed by atoms with Gasteiger partial charge in [0.25, 0.3) is 11.3 Å². The van der Waals surface area contributed by atoms with E-state index in [1.165, 1.54) is 15.6 Å². The third-order valence-electron chi connectivity index (χ3n) is 4.47. The molecule has 4 rings (SSSR count). The van der Waals surface area contributed by atoms with Gasteiger partial charge in [0.2, 0.25) is 0 Å². The van der Waals surface area contributed by atoms with Crippen molar-refractivity contribution in [2.75, 3.05) is 0 Å². The quantitative estimate of drug-likeness (QED) is 0.788. The van der Waals surface area contributed by atoms with Gasteiger partial charge in [-0.15, -0.1) is 0 Å². The topological polar surface area (TPSA) is 63.0 Å². The van der Waals surface area contributed by atoms with E-state index < -0.39 is 0 Å². The Labute approximate surface area is 134 Å². The molecule has 118 valence electrons. The lowest BCUT2D eigenvalue weighted by molar-refractivity contribution is 0.828. The fraction of sp³-hybridized carbons (Fsp3) is 0.389. The maximum absolute atomic E-state index is 12.2. The highest BCUT2D eigenvalue weighted by Crippen LogP contribution is 2.37. The van der Waals surface area contributed by atoms with E-state index in [1.807, 2.05) is 0 Å². The lowest BCUT2D eigenvalue weighted by Gasteiger charge is -2.03. The Kier molecular flexibility index (Phi) is 3.48. The Morgan fingerprint density at radius 1 is 1.13 bits per heavy atom. The molecule has 5 nitrogen and oxygen atoms in total. The molecular weight excluding hydrogens is 288 g/mol. The van der Waals surface area contributed by atoms with Gasteiger partial charge < -0.3 is 0 Å². The Balaban J connectivity index is 1.54. The number of nitrogens with one attached hydrogen (secondary N) is 1. The highest BCUT2D eigenvalue weighted by molar-refractivity contribution is 5.30. The van der Waals surface area contributed by atoms with E-state index in [1.54, 1.807) is 6.07 Å². The molecule has 1 N–H and O–H groups in total. The molecule has 3 aromatic rings. The van der Waals surface area contributed by atoms with Crippen LogP contribution in [-0.4, -0.2) is 19.6 Å². The molecule has 0 aliphatic heterocycles. The van der Waals surface area contributed by atoms with Crippen LogP contribution in [0.25, 0.3) is 5.78 Å². The molecule has 5 heteroatoms. The second kappa shape index (κ2) is 5.65. The smallest absolute Gasteiger partial charge is 0.274 e. The minimum Gasteiger partial charge on any atom is -0.275 e. The first-order valence-electron chi connectivity index (χ1n) is 8.29. The molecule has 0 atom stereocenters. The predicted molar refractivity (Wildman–Crippen MR) is 88.8 cm³/mol. The van der Waals surface area contributed by atoms with Gasteiger partial charge in [0, 0.05) is 12.0 Å². The highest BCUT2D eigenvalue weighted by Gasteiger charge is 2.27. The van der Waals surface area contributed by atoms with Crippen LogP contribution in [-0.2, 0) is 19.3 Å². The minimum atomic E-state index is -0.0780. The summed E-state index contributed by atoms with van der Waals surface area (Å²) in [5, 5.41) is 3.07. The van der Waals surface area contributed by atoms with E-state index in [-0.39, 0.29) is 5.56 Å². The van der Waals surface area contributed by atoms with Crippen molar-refractivity contribution in [2.24, 2.45) is 0 Å². The summed E-state index contributed by atoms with van der Waals surface area (Å²) in [6, 6.07) is 10.3. The fourth-order valence-electron chi connectivity index (χ4n) is 2.83. The number of benzene rings is 1. The van der Waals surface area contributed by atoms with Crippen molar-refractivity contribution in [2.45, 2.75) is 44.9 Å². The molecule has 0 saturated heterocycles. The predicted octanol–water partition coefficient (Wildman–Crippen LogP) is 2.64. The molecule has 2 heterocycles. The molecule has 0 radical (unpaired) electrons. The molecule has 23 heavy (non-hydrogen) atoms. The largest absolute Gasteiger partial charge is 0.275 e. The first-order valence-corrected chi connectivity index (χ1v) is 8.29. The van der Waals surface area contributed by atoms with Crippen LogP contribution in [0.3, 0.4) is 0 Å². The van der Waals surface area contributed by atoms with Gasteiger partial charge in [-0.3, -0.25) is 9.89 Å². The van der Waals surface area contributed by atoms with Gasteiger partial charge in [-0.1, -0.05) is 31.2 Å². The molecule has 1 saturated carbocycles. The summed E-state index contributed by atoms with van der Waals surface area (Å²) < 4.78 is 1.45. The van der Waals surface area contributed by atoms with E-state index in [0.717, 1.165) is 43.6 Å². The van der Waals surface area contributed by atoms with Crippen LogP contribution in [0.15, 0.2) is 35.1 Å². The number of H-pyrrole nitrogens is 1. The SMILES string of the molecule is CCc1ccc(CCc2cc(=O)n3[nH]c(C4CC4)nc3n2)cc1. The molecule has 0 spiro atoms. The maximum Gasteiger partial charge on any atom is 0.274 e. The molecule has 2 aromatic heterocycles. The summed E-state index contributed by atoms with van der Waals surface area (Å²) in [6.07, 6.45) is 4.98. The molecule has 0 unspecified atom stereocenters. The Morgan fingerprint density at radius 3 is 2.57 bits per heavy atom. The standard InChI is InChI=1S/C18H20N4O/c1-2-12-3-5-13(6-4-12)7-10-15-11-16(23)22-18(19-15)20-17(21-22)14-8-9-14/h3-6,11,14H,2,7-10H2,1H3,(H,19,20,21). The van der Waals surface area contributed by atoms with Crippen LogP contribution < -0.4 is 5.56 Å². The van der Waals surface area contributed by atoms with E-state index >= 15 is 0 Å². The van der Waals surface area contributed by atoms with Crippen LogP contribution in [0.4, 0.5) is 0 Å². The summed E-state index contributed by atoms with van der Waals surface area (Å²) >= 11 is 0. The van der Waals surface area contributed by atoms with Crippen molar-refractivity contribution in [3.63, 3.8) is 0 Å². The van der Waals surface area contributed by atoms with E-state index in [4.69, 9.17) is 0 Å². The zero-order chi connectivity index (χ0) is 15.8. The Hall–Kier alpha value is -2.43. The number of fused-ring (bicyclic) bond motifs is 1. The van der Waals surface area contributed by atoms with Crippen molar-refractivity contribution in [3.8, 4) is 0 Å². The van der Waals surface area contributed by atoms with Gasteiger partial charge in [0.15, 0.2) is 0 Å². The number of aromatic nitrogens is 4. The van der Waals surface area contributed by atoms with Gasteiger partial charge in [-0.2, -0.15) is 9.50 Å². The van der Waals surface area contributed by atoms with Crippen LogP contribution in [0.5, 0.6) is 0 Å². The van der Waals surface area contributed by atoms with Gasteiger partial charge in [0.05, 0.1) is 5.69 Å². The van der Waals surface area contributed by atoms with Crippen LogP contribution in [0.2, 0.25) is 0 Å². The van der Waals surface area contributed by atoms with Crippen molar-refractivity contribution < 1.29 is 0 Å². The van der Waals surface area contributed by atoms with E-state index in [0.29, 0.717) is 11.7 Å². The first kappa shape index (κ1) is 14.2. The molecular formula is C18H20N4O. The van der Waals surface area contributed by atoms with Crippen LogP contribution >= 0.6 is 0 Å². The summed E-state index contributed by atoms with van der Waals surface area (Å²) in [6.45, 7) is 2.15. The van der Waals surface area contributed by atoms with E-state index in [9.17, 15) is 4.79 Å². The van der Waals surface area contributed by atoms with Gasteiger partial charge in [-0.25, -0.2) is 4.98 Å². The molecule has 0 amide bonds. The molecule has 0 bridgehead atoms. The van der Waals surface area contributed by atoms with Crippen LogP contribution in [0, 0.1) is 0 Å². The summed E-state index contributed by atoms with van der Waals surface area (Å²) in [7, 11) is 0. The fourth-order valence-corrected chi connectivity index (χ4v) is 2.83. The maximum atomic E-state index is 12.2. The summed E-state index contributed by atoms with van der Waals surface area (Å²) in [5.41, 5.74) is 3.34. The third-order valence-corrected chi connectivity index (χ3v) is 4.47. The van der Waals surface area contributed by atoms with Gasteiger partial charge >= 0.3 is 0 Å². The number of hydrogen-bond donors (Lipinski definition) is 1. The molecule has 1 aliphatic carbocycles. The minimum absolute atomic E-state index is 0.0780. The third kappa shape index (κ3) is 2.91. The zero-order valence-electron chi connectivity index (χ0n) is 13.2. The van der Waals surface area contributed by atoms with Crippen molar-refractivity contribution >= 4 is 5.78 Å². The Bertz CT molecular complexity index is 888. The lowest BCUT2D eigenvalue weighted by Crippen LogP contribution is -2.16. The molecule has 1 aliphatic rings. The second-order valence-electron chi connectivity index (χ2n) is 6.27. The summed E-state index contributed by atoms with van der Waals surface area (Å²) in [4.78, 5) is 21.2. The molecule has 1 aromatic carbocycles. The Morgan fingerprint density at radius 2 is 1.87 bits per heavy atom. The average molecular weight is 308 g/mol. The summed E-state index contributed by atoms with van der Waals surface area (Å²) in [5.74, 6) is 1.87. The molecule has 1 fully saturated rings. The van der Waals surface area contributed by atoms with Gasteiger partial charge in [0.1, 0.15) is 5.82 Å². The number of aryl methyl sites for hydroxylation is 3. The number of rotatable bonds is 5. The first-order chi connectivity index (χ1) is 11.2. The normalized spacial score (nSPS) is 14.5. The van der Waals surface area contributed by atoms with Crippen molar-refractivity contribution in [1.82, 2.24) is 19.6 Å². The van der Waals surface area contributed by atoms with Crippen molar-refractivity contribution in [3.05, 3.63) is 63.3 Å². The van der Waals surface area contributed by atoms with E-state index in [2.05, 4.69) is 46.3 Å². The van der Waals surface area contributed by atoms with Crippen molar-refractivity contribution in [1.29, 1.82) is 0 Å². The van der Waals surface area contributed by atoms with Crippen LogP contribution in [0.1, 0.15) is 48.3 Å².